The van der Waals surface area contributed by atoms with Crippen molar-refractivity contribution < 1.29 is 9.90 Å². The van der Waals surface area contributed by atoms with Crippen LogP contribution in [0.5, 0.6) is 0 Å². The average Bonchev–Trinajstić information content (AvgIpc) is 2.34. The summed E-state index contributed by atoms with van der Waals surface area (Å²) in [5.41, 5.74) is 0.912. The van der Waals surface area contributed by atoms with Crippen LogP contribution >= 0.6 is 0 Å². The number of carbonyl (C=O) groups excluding carboxylic acids is 1. The third-order valence-electron chi connectivity index (χ3n) is 2.41. The number of aliphatic hydroxyl groups excluding tert-OH is 1. The van der Waals surface area contributed by atoms with Crippen LogP contribution in [-0.4, -0.2) is 28.6 Å². The number of carbonyl (C=O) groups is 1. The van der Waals surface area contributed by atoms with E-state index in [9.17, 15) is 4.79 Å². The zero-order valence-electron chi connectivity index (χ0n) is 9.52. The zero-order chi connectivity index (χ0) is 11.8. The van der Waals surface area contributed by atoms with Crippen molar-refractivity contribution >= 4 is 5.91 Å². The van der Waals surface area contributed by atoms with Crippen LogP contribution in [0, 0.1) is 0 Å². The SMILES string of the molecule is CCC(CO)NC(=O)CCc1ccccn1. The number of aryl methyl sites for hydroxylation is 1. The molecule has 0 saturated carbocycles. The van der Waals surface area contributed by atoms with Gasteiger partial charge in [-0.3, -0.25) is 9.78 Å². The number of nitrogens with zero attached hydrogens (tertiary/aromatic N) is 1. The van der Waals surface area contributed by atoms with Crippen molar-refractivity contribution in [2.45, 2.75) is 32.2 Å². The number of aliphatic hydroxyl groups is 1. The summed E-state index contributed by atoms with van der Waals surface area (Å²) in [5.74, 6) is -0.0356. The first-order valence-electron chi connectivity index (χ1n) is 5.56. The molecule has 4 nitrogen and oxygen atoms in total. The summed E-state index contributed by atoms with van der Waals surface area (Å²) in [5, 5.41) is 11.7. The standard InChI is InChI=1S/C12H18N2O2/c1-2-10(9-15)14-12(16)7-6-11-5-3-4-8-13-11/h3-5,8,10,15H,2,6-7,9H2,1H3,(H,14,16). The minimum absolute atomic E-state index is 0.00811. The molecule has 2 N–H and O–H groups in total. The predicted molar refractivity (Wildman–Crippen MR) is 61.9 cm³/mol. The third kappa shape index (κ3) is 4.40. The summed E-state index contributed by atoms with van der Waals surface area (Å²) < 4.78 is 0. The fourth-order valence-corrected chi connectivity index (χ4v) is 1.36. The number of hydrogen-bond acceptors (Lipinski definition) is 3. The summed E-state index contributed by atoms with van der Waals surface area (Å²) in [7, 11) is 0. The van der Waals surface area contributed by atoms with Gasteiger partial charge in [-0.25, -0.2) is 0 Å². The molecule has 4 heteroatoms. The molecule has 1 aromatic rings. The lowest BCUT2D eigenvalue weighted by Crippen LogP contribution is -2.37. The lowest BCUT2D eigenvalue weighted by Gasteiger charge is -2.13. The van der Waals surface area contributed by atoms with Crippen molar-refractivity contribution in [1.82, 2.24) is 10.3 Å². The zero-order valence-corrected chi connectivity index (χ0v) is 9.52. The molecule has 0 aromatic carbocycles. The molecule has 16 heavy (non-hydrogen) atoms. The van der Waals surface area contributed by atoms with E-state index in [0.717, 1.165) is 12.1 Å². The van der Waals surface area contributed by atoms with Crippen molar-refractivity contribution in [2.75, 3.05) is 6.61 Å². The second-order valence-corrected chi connectivity index (χ2v) is 3.68. The molecule has 0 bridgehead atoms. The van der Waals surface area contributed by atoms with Gasteiger partial charge in [0, 0.05) is 18.3 Å². The Hall–Kier alpha value is -1.42. The predicted octanol–water partition coefficient (Wildman–Crippen LogP) is 0.901. The minimum atomic E-state index is -0.128. The Kier molecular flexibility index (Phi) is 5.50. The molecular formula is C12H18N2O2. The molecule has 1 rings (SSSR count). The largest absolute Gasteiger partial charge is 0.394 e. The summed E-state index contributed by atoms with van der Waals surface area (Å²) in [6.07, 6.45) is 3.50. The smallest absolute Gasteiger partial charge is 0.220 e. The number of rotatable bonds is 6. The van der Waals surface area contributed by atoms with Crippen molar-refractivity contribution in [3.63, 3.8) is 0 Å². The molecule has 88 valence electrons. The van der Waals surface area contributed by atoms with E-state index in [1.165, 1.54) is 0 Å². The van der Waals surface area contributed by atoms with Crippen LogP contribution in [-0.2, 0) is 11.2 Å². The van der Waals surface area contributed by atoms with Gasteiger partial charge >= 0.3 is 0 Å². The maximum atomic E-state index is 11.5. The van der Waals surface area contributed by atoms with Crippen LogP contribution in [0.3, 0.4) is 0 Å². The van der Waals surface area contributed by atoms with Crippen molar-refractivity contribution in [3.05, 3.63) is 30.1 Å². The molecule has 0 aliphatic carbocycles. The fraction of sp³-hybridized carbons (Fsp3) is 0.500. The van der Waals surface area contributed by atoms with Gasteiger partial charge in [0.2, 0.25) is 5.91 Å². The highest BCUT2D eigenvalue weighted by Crippen LogP contribution is 1.99. The lowest BCUT2D eigenvalue weighted by molar-refractivity contribution is -0.122. The molecule has 0 aliphatic heterocycles. The highest BCUT2D eigenvalue weighted by atomic mass is 16.3. The Balaban J connectivity index is 2.30. The molecule has 1 atom stereocenters. The maximum Gasteiger partial charge on any atom is 0.220 e. The van der Waals surface area contributed by atoms with E-state index in [0.29, 0.717) is 12.8 Å². The number of hydrogen-bond donors (Lipinski definition) is 2. The molecule has 0 fully saturated rings. The Morgan fingerprint density at radius 3 is 2.94 bits per heavy atom. The molecule has 1 unspecified atom stereocenters. The van der Waals surface area contributed by atoms with Gasteiger partial charge in [-0.2, -0.15) is 0 Å². The monoisotopic (exact) mass is 222 g/mol. The molecule has 1 heterocycles. The second kappa shape index (κ2) is 6.95. The Morgan fingerprint density at radius 2 is 2.38 bits per heavy atom. The van der Waals surface area contributed by atoms with Gasteiger partial charge in [-0.05, 0) is 25.0 Å². The highest BCUT2D eigenvalue weighted by Gasteiger charge is 2.08. The fourth-order valence-electron chi connectivity index (χ4n) is 1.36. The first-order chi connectivity index (χ1) is 7.76. The van der Waals surface area contributed by atoms with Crippen LogP contribution in [0.1, 0.15) is 25.5 Å². The van der Waals surface area contributed by atoms with E-state index in [2.05, 4.69) is 10.3 Å². The average molecular weight is 222 g/mol. The van der Waals surface area contributed by atoms with Gasteiger partial charge in [0.25, 0.3) is 0 Å². The van der Waals surface area contributed by atoms with Gasteiger partial charge < -0.3 is 10.4 Å². The van der Waals surface area contributed by atoms with Crippen molar-refractivity contribution in [1.29, 1.82) is 0 Å². The normalized spacial score (nSPS) is 12.1. The van der Waals surface area contributed by atoms with Gasteiger partial charge in [0.05, 0.1) is 12.6 Å². The summed E-state index contributed by atoms with van der Waals surface area (Å²) in [4.78, 5) is 15.6. The highest BCUT2D eigenvalue weighted by molar-refractivity contribution is 5.76. The molecule has 0 aliphatic rings. The number of nitrogens with one attached hydrogen (secondary N) is 1. The summed E-state index contributed by atoms with van der Waals surface area (Å²) >= 11 is 0. The van der Waals surface area contributed by atoms with Crippen LogP contribution in [0.25, 0.3) is 0 Å². The quantitative estimate of drug-likeness (QED) is 0.751. The second-order valence-electron chi connectivity index (χ2n) is 3.68. The molecule has 0 radical (unpaired) electrons. The van der Waals surface area contributed by atoms with Crippen LogP contribution in [0.4, 0.5) is 0 Å². The van der Waals surface area contributed by atoms with Crippen LogP contribution in [0.15, 0.2) is 24.4 Å². The third-order valence-corrected chi connectivity index (χ3v) is 2.41. The molecular weight excluding hydrogens is 204 g/mol. The van der Waals surface area contributed by atoms with E-state index in [-0.39, 0.29) is 18.6 Å². The van der Waals surface area contributed by atoms with Gasteiger partial charge in [0.1, 0.15) is 0 Å². The topological polar surface area (TPSA) is 62.2 Å². The molecule has 0 spiro atoms. The van der Waals surface area contributed by atoms with Crippen LogP contribution < -0.4 is 5.32 Å². The van der Waals surface area contributed by atoms with Gasteiger partial charge in [0.15, 0.2) is 0 Å². The first kappa shape index (κ1) is 12.6. The minimum Gasteiger partial charge on any atom is -0.394 e. The molecule has 1 aromatic heterocycles. The Bertz CT molecular complexity index is 310. The van der Waals surface area contributed by atoms with Gasteiger partial charge in [-0.15, -0.1) is 0 Å². The van der Waals surface area contributed by atoms with Crippen LogP contribution in [0.2, 0.25) is 0 Å². The van der Waals surface area contributed by atoms with Gasteiger partial charge in [-0.1, -0.05) is 13.0 Å². The van der Waals surface area contributed by atoms with Crippen molar-refractivity contribution in [3.8, 4) is 0 Å². The Morgan fingerprint density at radius 1 is 1.56 bits per heavy atom. The molecule has 1 amide bonds. The van der Waals surface area contributed by atoms with E-state index in [1.807, 2.05) is 25.1 Å². The maximum absolute atomic E-state index is 11.5. The van der Waals surface area contributed by atoms with E-state index in [4.69, 9.17) is 5.11 Å². The number of pyridine rings is 1. The summed E-state index contributed by atoms with van der Waals surface area (Å²) in [6.45, 7) is 1.92. The summed E-state index contributed by atoms with van der Waals surface area (Å²) in [6, 6.07) is 5.53. The Labute approximate surface area is 95.7 Å². The lowest BCUT2D eigenvalue weighted by atomic mass is 10.2. The van der Waals surface area contributed by atoms with E-state index in [1.54, 1.807) is 6.20 Å². The van der Waals surface area contributed by atoms with E-state index >= 15 is 0 Å². The number of aromatic nitrogens is 1. The first-order valence-corrected chi connectivity index (χ1v) is 5.56. The van der Waals surface area contributed by atoms with E-state index < -0.39 is 0 Å². The molecule has 0 saturated heterocycles. The number of amides is 1. The van der Waals surface area contributed by atoms with Crippen molar-refractivity contribution in [2.24, 2.45) is 0 Å².